The van der Waals surface area contributed by atoms with E-state index in [1.165, 1.54) is 6.42 Å². The Labute approximate surface area is 107 Å². The van der Waals surface area contributed by atoms with Crippen molar-refractivity contribution in [3.8, 4) is 0 Å². The number of likely N-dealkylation sites (tertiary alicyclic amines) is 1. The molecule has 1 aromatic heterocycles. The Kier molecular flexibility index (Phi) is 3.13. The molecule has 0 atom stereocenters. The summed E-state index contributed by atoms with van der Waals surface area (Å²) in [4.78, 5) is 24.7. The van der Waals surface area contributed by atoms with Crippen molar-refractivity contribution in [2.75, 3.05) is 31.1 Å². The summed E-state index contributed by atoms with van der Waals surface area (Å²) in [5, 5.41) is 0. The predicted octanol–water partition coefficient (Wildman–Crippen LogP) is 0.925. The van der Waals surface area contributed by atoms with E-state index in [-0.39, 0.29) is 5.92 Å². The molecule has 3 heterocycles. The molecule has 3 rings (SSSR count). The molecule has 2 aliphatic heterocycles. The lowest BCUT2D eigenvalue weighted by atomic mass is 9.97. The molecule has 0 radical (unpaired) electrons. The molecule has 18 heavy (non-hydrogen) atoms. The van der Waals surface area contributed by atoms with E-state index in [9.17, 15) is 4.79 Å². The van der Waals surface area contributed by atoms with E-state index in [2.05, 4.69) is 14.9 Å². The zero-order chi connectivity index (χ0) is 12.4. The Balaban J connectivity index is 1.54. The average Bonchev–Trinajstić information content (AvgIpc) is 2.39. The van der Waals surface area contributed by atoms with Gasteiger partial charge in [-0.1, -0.05) is 0 Å². The van der Waals surface area contributed by atoms with Crippen LogP contribution in [0.3, 0.4) is 0 Å². The van der Waals surface area contributed by atoms with E-state index in [0.29, 0.717) is 5.91 Å². The summed E-state index contributed by atoms with van der Waals surface area (Å²) in [6.45, 7) is 3.46. The first kappa shape index (κ1) is 11.4. The summed E-state index contributed by atoms with van der Waals surface area (Å²) >= 11 is 0. The Morgan fingerprint density at radius 1 is 1.17 bits per heavy atom. The molecule has 0 unspecified atom stereocenters. The first-order valence-corrected chi connectivity index (χ1v) is 6.64. The largest absolute Gasteiger partial charge is 0.354 e. The summed E-state index contributed by atoms with van der Waals surface area (Å²) in [7, 11) is 0. The van der Waals surface area contributed by atoms with Crippen LogP contribution in [0.5, 0.6) is 0 Å². The zero-order valence-corrected chi connectivity index (χ0v) is 10.5. The molecule has 0 aromatic carbocycles. The number of aromatic nitrogens is 2. The molecule has 5 nitrogen and oxygen atoms in total. The monoisotopic (exact) mass is 246 g/mol. The Hall–Kier alpha value is -1.65. The van der Waals surface area contributed by atoms with Crippen LogP contribution in [0, 0.1) is 5.92 Å². The van der Waals surface area contributed by atoms with Crippen LogP contribution in [0.1, 0.15) is 19.3 Å². The molecule has 0 bridgehead atoms. The van der Waals surface area contributed by atoms with Gasteiger partial charge >= 0.3 is 0 Å². The predicted molar refractivity (Wildman–Crippen MR) is 68.2 cm³/mol. The van der Waals surface area contributed by atoms with Gasteiger partial charge in [-0.2, -0.15) is 0 Å². The lowest BCUT2D eigenvalue weighted by Gasteiger charge is -2.41. The van der Waals surface area contributed by atoms with Gasteiger partial charge in [0.15, 0.2) is 0 Å². The maximum Gasteiger partial charge on any atom is 0.229 e. The van der Waals surface area contributed by atoms with Crippen molar-refractivity contribution in [3.05, 3.63) is 18.6 Å². The molecule has 2 fully saturated rings. The fourth-order valence-corrected chi connectivity index (χ4v) is 2.65. The number of hydrogen-bond acceptors (Lipinski definition) is 4. The van der Waals surface area contributed by atoms with Gasteiger partial charge in [0, 0.05) is 38.6 Å². The quantitative estimate of drug-likeness (QED) is 0.779. The molecule has 1 aromatic rings. The molecule has 0 spiro atoms. The summed E-state index contributed by atoms with van der Waals surface area (Å²) in [6.07, 6.45) is 8.69. The van der Waals surface area contributed by atoms with Crippen molar-refractivity contribution in [2.24, 2.45) is 5.92 Å². The minimum atomic E-state index is 0.158. The van der Waals surface area contributed by atoms with Crippen LogP contribution in [0.25, 0.3) is 0 Å². The van der Waals surface area contributed by atoms with Gasteiger partial charge in [-0.25, -0.2) is 4.98 Å². The number of hydrogen-bond donors (Lipinski definition) is 0. The van der Waals surface area contributed by atoms with Crippen molar-refractivity contribution in [1.82, 2.24) is 14.9 Å². The van der Waals surface area contributed by atoms with Crippen LogP contribution >= 0.6 is 0 Å². The smallest absolute Gasteiger partial charge is 0.229 e. The first-order chi connectivity index (χ1) is 8.84. The number of carbonyl (C=O) groups excluding carboxylic acids is 1. The molecule has 5 heteroatoms. The highest BCUT2D eigenvalue weighted by Crippen LogP contribution is 2.24. The lowest BCUT2D eigenvalue weighted by molar-refractivity contribution is -0.137. The normalized spacial score (nSPS) is 20.7. The molecule has 2 aliphatic rings. The number of rotatable bonds is 2. The molecular formula is C13H18N4O. The van der Waals surface area contributed by atoms with Crippen molar-refractivity contribution in [2.45, 2.75) is 19.3 Å². The highest BCUT2D eigenvalue weighted by Gasteiger charge is 2.36. The number of piperidine rings is 1. The van der Waals surface area contributed by atoms with Crippen LogP contribution in [-0.2, 0) is 4.79 Å². The molecule has 1 amide bonds. The standard InChI is InChI=1S/C13H18N4O/c18-13(16-6-2-1-3-7-16)11-9-17(10-11)12-8-14-4-5-15-12/h4-5,8,11H,1-3,6-7,9-10H2. The van der Waals surface area contributed by atoms with Crippen molar-refractivity contribution >= 4 is 11.7 Å². The van der Waals surface area contributed by atoms with Gasteiger partial charge in [0.1, 0.15) is 5.82 Å². The van der Waals surface area contributed by atoms with E-state index >= 15 is 0 Å². The van der Waals surface area contributed by atoms with E-state index in [4.69, 9.17) is 0 Å². The van der Waals surface area contributed by atoms with Crippen LogP contribution in [0.2, 0.25) is 0 Å². The van der Waals surface area contributed by atoms with Crippen LogP contribution in [0.15, 0.2) is 18.6 Å². The van der Waals surface area contributed by atoms with E-state index in [0.717, 1.165) is 44.8 Å². The number of carbonyl (C=O) groups is 1. The van der Waals surface area contributed by atoms with Crippen LogP contribution < -0.4 is 4.90 Å². The topological polar surface area (TPSA) is 49.3 Å². The molecule has 0 aliphatic carbocycles. The van der Waals surface area contributed by atoms with Gasteiger partial charge in [-0.15, -0.1) is 0 Å². The molecule has 96 valence electrons. The number of anilines is 1. The Morgan fingerprint density at radius 3 is 2.61 bits per heavy atom. The van der Waals surface area contributed by atoms with Crippen molar-refractivity contribution in [1.29, 1.82) is 0 Å². The van der Waals surface area contributed by atoms with E-state index < -0.39 is 0 Å². The molecule has 0 saturated carbocycles. The highest BCUT2D eigenvalue weighted by molar-refractivity contribution is 5.82. The summed E-state index contributed by atoms with van der Waals surface area (Å²) in [5.41, 5.74) is 0. The van der Waals surface area contributed by atoms with Crippen molar-refractivity contribution < 1.29 is 4.79 Å². The third-order valence-electron chi connectivity index (χ3n) is 3.77. The lowest BCUT2D eigenvalue weighted by Crippen LogP contribution is -2.55. The van der Waals surface area contributed by atoms with Gasteiger partial charge in [0.05, 0.1) is 12.1 Å². The van der Waals surface area contributed by atoms with Crippen LogP contribution in [0.4, 0.5) is 5.82 Å². The first-order valence-electron chi connectivity index (χ1n) is 6.64. The van der Waals surface area contributed by atoms with Crippen LogP contribution in [-0.4, -0.2) is 47.0 Å². The third-order valence-corrected chi connectivity index (χ3v) is 3.77. The van der Waals surface area contributed by atoms with E-state index in [1.807, 2.05) is 4.90 Å². The summed E-state index contributed by atoms with van der Waals surface area (Å²) in [6, 6.07) is 0. The highest BCUT2D eigenvalue weighted by atomic mass is 16.2. The zero-order valence-electron chi connectivity index (χ0n) is 10.5. The fraction of sp³-hybridized carbons (Fsp3) is 0.615. The van der Waals surface area contributed by atoms with Gasteiger partial charge in [0.25, 0.3) is 0 Å². The van der Waals surface area contributed by atoms with Gasteiger partial charge in [-0.05, 0) is 19.3 Å². The van der Waals surface area contributed by atoms with Crippen molar-refractivity contribution in [3.63, 3.8) is 0 Å². The third kappa shape index (κ3) is 2.17. The molecular weight excluding hydrogens is 228 g/mol. The fourth-order valence-electron chi connectivity index (χ4n) is 2.65. The van der Waals surface area contributed by atoms with Gasteiger partial charge in [-0.3, -0.25) is 9.78 Å². The maximum atomic E-state index is 12.2. The number of amides is 1. The van der Waals surface area contributed by atoms with Gasteiger partial charge < -0.3 is 9.80 Å². The average molecular weight is 246 g/mol. The Morgan fingerprint density at radius 2 is 1.94 bits per heavy atom. The van der Waals surface area contributed by atoms with E-state index in [1.54, 1.807) is 18.6 Å². The SMILES string of the molecule is O=C(C1CN(c2cnccn2)C1)N1CCCCC1. The summed E-state index contributed by atoms with van der Waals surface area (Å²) < 4.78 is 0. The maximum absolute atomic E-state index is 12.2. The minimum absolute atomic E-state index is 0.158. The second-order valence-corrected chi connectivity index (χ2v) is 5.05. The second kappa shape index (κ2) is 4.92. The minimum Gasteiger partial charge on any atom is -0.354 e. The molecule has 0 N–H and O–H groups in total. The molecule has 2 saturated heterocycles. The Bertz CT molecular complexity index is 410. The number of nitrogens with zero attached hydrogens (tertiary/aromatic N) is 4. The second-order valence-electron chi connectivity index (χ2n) is 5.05. The summed E-state index contributed by atoms with van der Waals surface area (Å²) in [5.74, 6) is 1.36. The van der Waals surface area contributed by atoms with Gasteiger partial charge in [0.2, 0.25) is 5.91 Å².